The second-order valence-corrected chi connectivity index (χ2v) is 4.25. The molecule has 1 saturated heterocycles. The number of nitrogens with two attached hydrogens (primary N) is 1. The first-order valence-electron chi connectivity index (χ1n) is 5.37. The topological polar surface area (TPSA) is 60.2 Å². The van der Waals surface area contributed by atoms with E-state index in [4.69, 9.17) is 22.7 Å². The maximum Gasteiger partial charge on any atom is 0.122 e. The molecule has 16 heavy (non-hydrogen) atoms. The highest BCUT2D eigenvalue weighted by Gasteiger charge is 2.14. The summed E-state index contributed by atoms with van der Waals surface area (Å²) in [6.07, 6.45) is 4.36. The van der Waals surface area contributed by atoms with Gasteiger partial charge in [-0.05, 0) is 25.0 Å². The van der Waals surface area contributed by atoms with Gasteiger partial charge in [-0.3, -0.25) is 4.98 Å². The van der Waals surface area contributed by atoms with Crippen LogP contribution in [0.3, 0.4) is 0 Å². The van der Waals surface area contributed by atoms with Crippen molar-refractivity contribution >= 4 is 22.9 Å². The van der Waals surface area contributed by atoms with Gasteiger partial charge in [0.2, 0.25) is 0 Å². The number of ether oxygens (including phenoxy) is 1. The maximum atomic E-state index is 5.51. The van der Waals surface area contributed by atoms with E-state index in [1.54, 1.807) is 6.20 Å². The van der Waals surface area contributed by atoms with Gasteiger partial charge in [-0.15, -0.1) is 0 Å². The molecule has 5 heteroatoms. The largest absolute Gasteiger partial charge is 0.388 e. The summed E-state index contributed by atoms with van der Waals surface area (Å²) in [5.74, 6) is 0. The second-order valence-electron chi connectivity index (χ2n) is 3.81. The average Bonchev–Trinajstić information content (AvgIpc) is 2.80. The average molecular weight is 237 g/mol. The number of hydrogen-bond acceptors (Lipinski definition) is 4. The number of rotatable bonds is 4. The van der Waals surface area contributed by atoms with Gasteiger partial charge in [-0.2, -0.15) is 0 Å². The van der Waals surface area contributed by atoms with Gasteiger partial charge in [-0.25, -0.2) is 0 Å². The van der Waals surface area contributed by atoms with Crippen molar-refractivity contribution in [2.75, 3.05) is 18.5 Å². The molecule has 0 aromatic carbocycles. The lowest BCUT2D eigenvalue weighted by Crippen LogP contribution is -2.18. The molecule has 1 atom stereocenters. The molecule has 0 bridgehead atoms. The van der Waals surface area contributed by atoms with Gasteiger partial charge in [0.15, 0.2) is 0 Å². The van der Waals surface area contributed by atoms with E-state index in [0.717, 1.165) is 31.7 Å². The van der Waals surface area contributed by atoms with Gasteiger partial charge in [-0.1, -0.05) is 12.2 Å². The maximum absolute atomic E-state index is 5.51. The lowest BCUT2D eigenvalue weighted by molar-refractivity contribution is 0.120. The third-order valence-corrected chi connectivity index (χ3v) is 2.78. The smallest absolute Gasteiger partial charge is 0.122 e. The van der Waals surface area contributed by atoms with Gasteiger partial charge in [0.05, 0.1) is 23.7 Å². The van der Waals surface area contributed by atoms with Crippen molar-refractivity contribution in [1.82, 2.24) is 4.98 Å². The van der Waals surface area contributed by atoms with E-state index >= 15 is 0 Å². The van der Waals surface area contributed by atoms with E-state index in [9.17, 15) is 0 Å². The van der Waals surface area contributed by atoms with Crippen LogP contribution in [0.5, 0.6) is 0 Å². The molecule has 1 aliphatic rings. The molecule has 0 amide bonds. The summed E-state index contributed by atoms with van der Waals surface area (Å²) in [5.41, 5.74) is 7.08. The van der Waals surface area contributed by atoms with Crippen LogP contribution in [-0.2, 0) is 4.74 Å². The molecule has 0 spiro atoms. The van der Waals surface area contributed by atoms with Crippen molar-refractivity contribution in [3.8, 4) is 0 Å². The van der Waals surface area contributed by atoms with Gasteiger partial charge in [0.1, 0.15) is 4.99 Å². The van der Waals surface area contributed by atoms with Crippen LogP contribution in [-0.4, -0.2) is 29.2 Å². The summed E-state index contributed by atoms with van der Waals surface area (Å²) >= 11 is 4.83. The molecule has 2 heterocycles. The molecule has 4 nitrogen and oxygen atoms in total. The van der Waals surface area contributed by atoms with Crippen molar-refractivity contribution < 1.29 is 4.74 Å². The van der Waals surface area contributed by atoms with Crippen molar-refractivity contribution in [3.63, 3.8) is 0 Å². The van der Waals surface area contributed by atoms with Crippen LogP contribution in [0.2, 0.25) is 0 Å². The number of hydrogen-bond donors (Lipinski definition) is 2. The number of pyridine rings is 1. The van der Waals surface area contributed by atoms with Crippen molar-refractivity contribution in [1.29, 1.82) is 0 Å². The molecule has 1 aliphatic heterocycles. The van der Waals surface area contributed by atoms with E-state index in [0.29, 0.717) is 16.8 Å². The third-order valence-electron chi connectivity index (χ3n) is 2.57. The zero-order valence-electron chi connectivity index (χ0n) is 8.98. The Morgan fingerprint density at radius 1 is 1.62 bits per heavy atom. The highest BCUT2D eigenvalue weighted by molar-refractivity contribution is 7.80. The minimum atomic E-state index is 0.325. The molecule has 1 fully saturated rings. The van der Waals surface area contributed by atoms with Gasteiger partial charge in [0, 0.05) is 13.2 Å². The monoisotopic (exact) mass is 237 g/mol. The standard InChI is InChI=1S/C11H15N3OS/c12-11(16)10-4-3-8(6-14-10)13-7-9-2-1-5-15-9/h3-4,6,9,13H,1-2,5,7H2,(H2,12,16). The molecule has 0 aliphatic carbocycles. The molecule has 0 radical (unpaired) electrons. The van der Waals surface area contributed by atoms with Crippen LogP contribution in [0.25, 0.3) is 0 Å². The Labute approximate surface area is 100 Å². The lowest BCUT2D eigenvalue weighted by Gasteiger charge is -2.11. The summed E-state index contributed by atoms with van der Waals surface area (Å²) in [6, 6.07) is 3.75. The SMILES string of the molecule is NC(=S)c1ccc(NCC2CCCO2)cn1. The van der Waals surface area contributed by atoms with Gasteiger partial charge in [0.25, 0.3) is 0 Å². The predicted molar refractivity (Wildman–Crippen MR) is 67.6 cm³/mol. The molecule has 2 rings (SSSR count). The highest BCUT2D eigenvalue weighted by Crippen LogP contribution is 2.13. The molecule has 0 saturated carbocycles. The second kappa shape index (κ2) is 5.23. The highest BCUT2D eigenvalue weighted by atomic mass is 32.1. The summed E-state index contributed by atoms with van der Waals surface area (Å²) in [7, 11) is 0. The molecule has 1 unspecified atom stereocenters. The Morgan fingerprint density at radius 2 is 2.50 bits per heavy atom. The fraction of sp³-hybridized carbons (Fsp3) is 0.455. The Kier molecular flexibility index (Phi) is 3.69. The number of anilines is 1. The molecular formula is C11H15N3OS. The Hall–Kier alpha value is -1.20. The van der Waals surface area contributed by atoms with Gasteiger partial charge >= 0.3 is 0 Å². The van der Waals surface area contributed by atoms with E-state index in [-0.39, 0.29) is 0 Å². The van der Waals surface area contributed by atoms with Crippen LogP contribution in [0.1, 0.15) is 18.5 Å². The Bertz CT molecular complexity index is 360. The summed E-state index contributed by atoms with van der Waals surface area (Å²) in [4.78, 5) is 4.48. The number of aromatic nitrogens is 1. The Balaban J connectivity index is 1.87. The van der Waals surface area contributed by atoms with Crippen molar-refractivity contribution in [3.05, 3.63) is 24.0 Å². The zero-order chi connectivity index (χ0) is 11.4. The zero-order valence-corrected chi connectivity index (χ0v) is 9.80. The van der Waals surface area contributed by atoms with Crippen LogP contribution in [0, 0.1) is 0 Å². The van der Waals surface area contributed by atoms with Crippen LogP contribution >= 0.6 is 12.2 Å². The number of nitrogens with one attached hydrogen (secondary N) is 1. The fourth-order valence-corrected chi connectivity index (χ4v) is 1.80. The third kappa shape index (κ3) is 2.90. The fourth-order valence-electron chi connectivity index (χ4n) is 1.68. The first kappa shape index (κ1) is 11.3. The van der Waals surface area contributed by atoms with E-state index in [1.807, 2.05) is 12.1 Å². The van der Waals surface area contributed by atoms with Gasteiger partial charge < -0.3 is 15.8 Å². The molecular weight excluding hydrogens is 222 g/mol. The normalized spacial score (nSPS) is 19.6. The van der Waals surface area contributed by atoms with E-state index in [2.05, 4.69) is 10.3 Å². The van der Waals surface area contributed by atoms with E-state index < -0.39 is 0 Å². The lowest BCUT2D eigenvalue weighted by atomic mass is 10.2. The minimum absolute atomic E-state index is 0.325. The Morgan fingerprint density at radius 3 is 3.06 bits per heavy atom. The molecule has 86 valence electrons. The molecule has 1 aromatic heterocycles. The summed E-state index contributed by atoms with van der Waals surface area (Å²) in [6.45, 7) is 1.71. The van der Waals surface area contributed by atoms with Crippen LogP contribution in [0.4, 0.5) is 5.69 Å². The minimum Gasteiger partial charge on any atom is -0.388 e. The van der Waals surface area contributed by atoms with Crippen LogP contribution < -0.4 is 11.1 Å². The first-order valence-corrected chi connectivity index (χ1v) is 5.78. The predicted octanol–water partition coefficient (Wildman–Crippen LogP) is 1.31. The quantitative estimate of drug-likeness (QED) is 0.773. The molecule has 3 N–H and O–H groups in total. The van der Waals surface area contributed by atoms with Crippen molar-refractivity contribution in [2.24, 2.45) is 5.73 Å². The number of nitrogens with zero attached hydrogens (tertiary/aromatic N) is 1. The van der Waals surface area contributed by atoms with Crippen LogP contribution in [0.15, 0.2) is 18.3 Å². The first-order chi connectivity index (χ1) is 7.75. The molecule has 1 aromatic rings. The summed E-state index contributed by atoms with van der Waals surface area (Å²) < 4.78 is 5.51. The van der Waals surface area contributed by atoms with Crippen molar-refractivity contribution in [2.45, 2.75) is 18.9 Å². The summed E-state index contributed by atoms with van der Waals surface area (Å²) in [5, 5.41) is 3.28. The van der Waals surface area contributed by atoms with E-state index in [1.165, 1.54) is 0 Å². The number of thiocarbonyl (C=S) groups is 1.